The largest absolute Gasteiger partial charge is 0.392 e. The maximum absolute atomic E-state index is 8.81. The van der Waals surface area contributed by atoms with Gasteiger partial charge in [-0.1, -0.05) is 32.4 Å². The minimum Gasteiger partial charge on any atom is -0.392 e. The average molecular weight is 182 g/mol. The Labute approximate surface area is 81.9 Å². The first kappa shape index (κ1) is 10.8. The van der Waals surface area contributed by atoms with Gasteiger partial charge in [0.2, 0.25) is 0 Å². The Morgan fingerprint density at radius 3 is 2.31 bits per heavy atom. The molecule has 0 aromatic rings. The molecule has 0 radical (unpaired) electrons. The molecule has 1 nitrogen and oxygen atoms in total. The van der Waals surface area contributed by atoms with Gasteiger partial charge in [-0.2, -0.15) is 0 Å². The molecule has 76 valence electrons. The molecule has 0 aromatic heterocycles. The minimum atomic E-state index is 0.208. The maximum atomic E-state index is 8.81. The SMILES string of the molecule is C/C(=C\CCC1(C)CC1(C)C)CO. The molecule has 1 rings (SSSR count). The molecule has 1 saturated carbocycles. The van der Waals surface area contributed by atoms with Crippen molar-refractivity contribution in [3.05, 3.63) is 11.6 Å². The van der Waals surface area contributed by atoms with Gasteiger partial charge < -0.3 is 5.11 Å². The molecule has 0 amide bonds. The molecule has 13 heavy (non-hydrogen) atoms. The molecule has 0 heterocycles. The molecule has 1 aliphatic carbocycles. The van der Waals surface area contributed by atoms with Crippen LogP contribution in [0.4, 0.5) is 0 Å². The van der Waals surface area contributed by atoms with Gasteiger partial charge in [-0.05, 0) is 37.0 Å². The smallest absolute Gasteiger partial charge is 0.0639 e. The summed E-state index contributed by atoms with van der Waals surface area (Å²) in [4.78, 5) is 0. The van der Waals surface area contributed by atoms with Crippen molar-refractivity contribution >= 4 is 0 Å². The highest BCUT2D eigenvalue weighted by molar-refractivity contribution is 5.08. The van der Waals surface area contributed by atoms with Crippen LogP contribution in [-0.2, 0) is 0 Å². The zero-order valence-corrected chi connectivity index (χ0v) is 9.35. The number of aliphatic hydroxyl groups is 1. The molecular formula is C12H22O. The Bertz CT molecular complexity index is 215. The van der Waals surface area contributed by atoms with Crippen molar-refractivity contribution in [2.24, 2.45) is 10.8 Å². The van der Waals surface area contributed by atoms with Crippen LogP contribution in [0.5, 0.6) is 0 Å². The number of aliphatic hydroxyl groups excluding tert-OH is 1. The van der Waals surface area contributed by atoms with E-state index in [0.717, 1.165) is 12.0 Å². The topological polar surface area (TPSA) is 20.2 Å². The second-order valence-corrected chi connectivity index (χ2v) is 5.37. The van der Waals surface area contributed by atoms with Crippen molar-refractivity contribution in [3.63, 3.8) is 0 Å². The summed E-state index contributed by atoms with van der Waals surface area (Å²) in [6, 6.07) is 0. The Kier molecular flexibility index (Phi) is 2.86. The highest BCUT2D eigenvalue weighted by Gasteiger charge is 2.56. The van der Waals surface area contributed by atoms with Gasteiger partial charge >= 0.3 is 0 Å². The lowest BCUT2D eigenvalue weighted by Crippen LogP contribution is -2.03. The van der Waals surface area contributed by atoms with Crippen LogP contribution < -0.4 is 0 Å². The second-order valence-electron chi connectivity index (χ2n) is 5.37. The van der Waals surface area contributed by atoms with E-state index in [9.17, 15) is 0 Å². The summed E-state index contributed by atoms with van der Waals surface area (Å²) in [5, 5.41) is 8.81. The summed E-state index contributed by atoms with van der Waals surface area (Å²) in [6.45, 7) is 9.25. The summed E-state index contributed by atoms with van der Waals surface area (Å²) in [6.07, 6.45) is 5.90. The van der Waals surface area contributed by atoms with Gasteiger partial charge in [0.25, 0.3) is 0 Å². The van der Waals surface area contributed by atoms with Crippen LogP contribution in [0.1, 0.15) is 47.0 Å². The van der Waals surface area contributed by atoms with E-state index < -0.39 is 0 Å². The third-order valence-corrected chi connectivity index (χ3v) is 3.78. The number of rotatable bonds is 4. The first-order valence-electron chi connectivity index (χ1n) is 5.18. The molecule has 1 unspecified atom stereocenters. The van der Waals surface area contributed by atoms with Gasteiger partial charge in [0.1, 0.15) is 0 Å². The first-order valence-corrected chi connectivity index (χ1v) is 5.18. The highest BCUT2D eigenvalue weighted by Crippen LogP contribution is 2.65. The van der Waals surface area contributed by atoms with Gasteiger partial charge in [0.05, 0.1) is 6.61 Å². The highest BCUT2D eigenvalue weighted by atomic mass is 16.3. The molecule has 0 bridgehead atoms. The predicted octanol–water partition coefficient (Wildman–Crippen LogP) is 3.14. The zero-order valence-electron chi connectivity index (χ0n) is 9.35. The van der Waals surface area contributed by atoms with Gasteiger partial charge in [0.15, 0.2) is 0 Å². The quantitative estimate of drug-likeness (QED) is 0.662. The molecule has 1 atom stereocenters. The summed E-state index contributed by atoms with van der Waals surface area (Å²) in [7, 11) is 0. The molecule has 0 saturated heterocycles. The van der Waals surface area contributed by atoms with E-state index >= 15 is 0 Å². The molecule has 1 fully saturated rings. The van der Waals surface area contributed by atoms with E-state index in [0.29, 0.717) is 10.8 Å². The van der Waals surface area contributed by atoms with Crippen LogP contribution in [0.3, 0.4) is 0 Å². The van der Waals surface area contributed by atoms with Crippen LogP contribution in [0, 0.1) is 10.8 Å². The predicted molar refractivity (Wildman–Crippen MR) is 56.6 cm³/mol. The van der Waals surface area contributed by atoms with Crippen LogP contribution in [0.2, 0.25) is 0 Å². The van der Waals surface area contributed by atoms with Gasteiger partial charge in [0, 0.05) is 0 Å². The summed E-state index contributed by atoms with van der Waals surface area (Å²) in [5.41, 5.74) is 2.20. The lowest BCUT2D eigenvalue weighted by Gasteiger charge is -2.13. The van der Waals surface area contributed by atoms with Crippen LogP contribution >= 0.6 is 0 Å². The van der Waals surface area contributed by atoms with Crippen molar-refractivity contribution in [1.82, 2.24) is 0 Å². The van der Waals surface area contributed by atoms with Crippen molar-refractivity contribution in [2.45, 2.75) is 47.0 Å². The summed E-state index contributed by atoms with van der Waals surface area (Å²) in [5.74, 6) is 0. The van der Waals surface area contributed by atoms with E-state index in [1.165, 1.54) is 12.8 Å². The summed E-state index contributed by atoms with van der Waals surface area (Å²) < 4.78 is 0. The fraction of sp³-hybridized carbons (Fsp3) is 0.833. The van der Waals surface area contributed by atoms with E-state index in [4.69, 9.17) is 5.11 Å². The zero-order chi connectivity index (χ0) is 10.1. The van der Waals surface area contributed by atoms with Crippen molar-refractivity contribution in [1.29, 1.82) is 0 Å². The van der Waals surface area contributed by atoms with Crippen LogP contribution in [-0.4, -0.2) is 11.7 Å². The number of hydrogen-bond donors (Lipinski definition) is 1. The number of hydrogen-bond acceptors (Lipinski definition) is 1. The summed E-state index contributed by atoms with van der Waals surface area (Å²) >= 11 is 0. The molecule has 0 aromatic carbocycles. The Morgan fingerprint density at radius 1 is 1.38 bits per heavy atom. The van der Waals surface area contributed by atoms with Crippen molar-refractivity contribution in [2.75, 3.05) is 6.61 Å². The van der Waals surface area contributed by atoms with Gasteiger partial charge in [-0.25, -0.2) is 0 Å². The van der Waals surface area contributed by atoms with E-state index in [1.807, 2.05) is 6.92 Å². The molecule has 0 spiro atoms. The van der Waals surface area contributed by atoms with Crippen molar-refractivity contribution in [3.8, 4) is 0 Å². The van der Waals surface area contributed by atoms with E-state index in [1.54, 1.807) is 0 Å². The normalized spacial score (nSPS) is 31.9. The van der Waals surface area contributed by atoms with Gasteiger partial charge in [-0.3, -0.25) is 0 Å². The molecule has 1 aliphatic rings. The number of allylic oxidation sites excluding steroid dienone is 1. The van der Waals surface area contributed by atoms with E-state index in [2.05, 4.69) is 26.8 Å². The molecule has 0 aliphatic heterocycles. The lowest BCUT2D eigenvalue weighted by molar-refractivity contribution is 0.330. The van der Waals surface area contributed by atoms with Crippen LogP contribution in [0.25, 0.3) is 0 Å². The maximum Gasteiger partial charge on any atom is 0.0639 e. The third-order valence-electron chi connectivity index (χ3n) is 3.78. The molecule has 1 N–H and O–H groups in total. The lowest BCUT2D eigenvalue weighted by atomic mass is 9.93. The van der Waals surface area contributed by atoms with Gasteiger partial charge in [-0.15, -0.1) is 0 Å². The van der Waals surface area contributed by atoms with E-state index in [-0.39, 0.29) is 6.61 Å². The van der Waals surface area contributed by atoms with Crippen molar-refractivity contribution < 1.29 is 5.11 Å². The molecular weight excluding hydrogens is 160 g/mol. The average Bonchev–Trinajstić information content (AvgIpc) is 2.51. The molecule has 1 heteroatoms. The monoisotopic (exact) mass is 182 g/mol. The Hall–Kier alpha value is -0.300. The third kappa shape index (κ3) is 2.34. The second kappa shape index (κ2) is 3.45. The van der Waals surface area contributed by atoms with Crippen LogP contribution in [0.15, 0.2) is 11.6 Å². The Morgan fingerprint density at radius 2 is 1.92 bits per heavy atom. The minimum absolute atomic E-state index is 0.208. The fourth-order valence-corrected chi connectivity index (χ4v) is 2.06. The first-order chi connectivity index (χ1) is 5.91. The Balaban J connectivity index is 2.29. The fourth-order valence-electron chi connectivity index (χ4n) is 2.06. The standard InChI is InChI=1S/C12H22O/c1-10(8-13)6-5-7-12(4)9-11(12,2)3/h6,13H,5,7-9H2,1-4H3/b10-6+.